The highest BCUT2D eigenvalue weighted by molar-refractivity contribution is 8.20. The van der Waals surface area contributed by atoms with Crippen LogP contribution in [0.4, 0.5) is 0 Å². The zero-order valence-corrected chi connectivity index (χ0v) is 10.6. The predicted octanol–water partition coefficient (Wildman–Crippen LogP) is 3.26. The van der Waals surface area contributed by atoms with Crippen molar-refractivity contribution in [1.82, 2.24) is 0 Å². The molecule has 0 aromatic rings. The van der Waals surface area contributed by atoms with Crippen LogP contribution >= 0.6 is 23.8 Å². The molecule has 0 radical (unpaired) electrons. The van der Waals surface area contributed by atoms with Crippen LogP contribution in [0.25, 0.3) is 0 Å². The van der Waals surface area contributed by atoms with Crippen LogP contribution in [0.1, 0.15) is 39.5 Å². The van der Waals surface area contributed by atoms with E-state index in [0.717, 1.165) is 11.7 Å². The smallest absolute Gasteiger partial charge is 0.222 e. The Labute approximate surface area is 95.4 Å². The van der Waals surface area contributed by atoms with Crippen LogP contribution in [-0.4, -0.2) is 21.7 Å². The first kappa shape index (κ1) is 12.7. The Kier molecular flexibility index (Phi) is 5.67. The highest BCUT2D eigenvalue weighted by Gasteiger charge is 2.48. The van der Waals surface area contributed by atoms with Crippen LogP contribution in [0, 0.1) is 5.92 Å². The molecule has 1 N–H and O–H groups in total. The Morgan fingerprint density at radius 3 is 2.64 bits per heavy atom. The van der Waals surface area contributed by atoms with E-state index < -0.39 is 0 Å². The molecule has 2 nitrogen and oxygen atoms in total. The van der Waals surface area contributed by atoms with Gasteiger partial charge >= 0.3 is 0 Å². The molecule has 1 aliphatic heterocycles. The molecule has 2 unspecified atom stereocenters. The van der Waals surface area contributed by atoms with E-state index in [1.54, 1.807) is 11.8 Å². The Hall–Kier alpha value is 0.620. The van der Waals surface area contributed by atoms with E-state index in [1.165, 1.54) is 37.7 Å². The number of rotatable bonds is 8. The molecule has 0 spiro atoms. The number of aliphatic hydroxyl groups excluding tert-OH is 1. The summed E-state index contributed by atoms with van der Waals surface area (Å²) in [6, 6.07) is 0. The van der Waals surface area contributed by atoms with Gasteiger partial charge in [-0.3, -0.25) is 4.18 Å². The predicted molar refractivity (Wildman–Crippen MR) is 64.3 cm³/mol. The minimum Gasteiger partial charge on any atom is -0.391 e. The number of hydrogen-bond acceptors (Lipinski definition) is 4. The van der Waals surface area contributed by atoms with Crippen molar-refractivity contribution in [3.8, 4) is 0 Å². The molecular formula is C10H20O2S2. The van der Waals surface area contributed by atoms with Crippen LogP contribution in [-0.2, 0) is 4.18 Å². The fourth-order valence-electron chi connectivity index (χ4n) is 1.34. The molecule has 1 heterocycles. The molecule has 14 heavy (non-hydrogen) atoms. The molecule has 0 saturated carbocycles. The van der Waals surface area contributed by atoms with Gasteiger partial charge in [-0.15, -0.1) is 11.8 Å². The van der Waals surface area contributed by atoms with Gasteiger partial charge in [0.2, 0.25) is 4.27 Å². The summed E-state index contributed by atoms with van der Waals surface area (Å²) in [6.45, 7) is 4.61. The molecule has 0 aromatic heterocycles. The van der Waals surface area contributed by atoms with Gasteiger partial charge in [-0.2, -0.15) is 0 Å². The monoisotopic (exact) mass is 236 g/mol. The molecule has 1 rings (SSSR count). The SMILES string of the molecule is CCCCC(CC)CSC1(CO)OS1. The summed E-state index contributed by atoms with van der Waals surface area (Å²) in [5.74, 6) is 1.90. The zero-order chi connectivity index (χ0) is 10.4. The van der Waals surface area contributed by atoms with Gasteiger partial charge in [-0.25, -0.2) is 0 Å². The maximum atomic E-state index is 9.05. The van der Waals surface area contributed by atoms with E-state index in [0.29, 0.717) is 0 Å². The first-order valence-electron chi connectivity index (χ1n) is 5.38. The lowest BCUT2D eigenvalue weighted by atomic mass is 10.0. The maximum Gasteiger partial charge on any atom is 0.222 e. The molecule has 2 atom stereocenters. The van der Waals surface area contributed by atoms with E-state index in [-0.39, 0.29) is 10.9 Å². The third-order valence-corrected chi connectivity index (χ3v) is 5.18. The van der Waals surface area contributed by atoms with E-state index >= 15 is 0 Å². The van der Waals surface area contributed by atoms with E-state index in [2.05, 4.69) is 13.8 Å². The van der Waals surface area contributed by atoms with Gasteiger partial charge in [0.05, 0.1) is 6.61 Å². The molecule has 1 aliphatic rings. The van der Waals surface area contributed by atoms with Crippen molar-refractivity contribution in [1.29, 1.82) is 0 Å². The zero-order valence-electron chi connectivity index (χ0n) is 8.99. The van der Waals surface area contributed by atoms with Crippen molar-refractivity contribution >= 4 is 23.8 Å². The molecule has 0 bridgehead atoms. The summed E-state index contributed by atoms with van der Waals surface area (Å²) < 4.78 is 4.88. The Morgan fingerprint density at radius 2 is 2.21 bits per heavy atom. The van der Waals surface area contributed by atoms with Crippen LogP contribution in [0.3, 0.4) is 0 Å². The highest BCUT2D eigenvalue weighted by Crippen LogP contribution is 2.55. The summed E-state index contributed by atoms with van der Waals surface area (Å²) in [7, 11) is 0. The third-order valence-electron chi connectivity index (χ3n) is 2.55. The molecule has 0 aromatic carbocycles. The Bertz CT molecular complexity index is 160. The average molecular weight is 236 g/mol. The minimum atomic E-state index is -0.292. The summed E-state index contributed by atoms with van der Waals surface area (Å²) in [6.07, 6.45) is 5.14. The summed E-state index contributed by atoms with van der Waals surface area (Å²) in [5.41, 5.74) is 0. The lowest BCUT2D eigenvalue weighted by Gasteiger charge is -2.15. The van der Waals surface area contributed by atoms with Gasteiger partial charge in [-0.1, -0.05) is 33.1 Å². The molecule has 84 valence electrons. The topological polar surface area (TPSA) is 32.8 Å². The molecule has 1 fully saturated rings. The fraction of sp³-hybridized carbons (Fsp3) is 1.00. The second-order valence-electron chi connectivity index (χ2n) is 3.74. The third kappa shape index (κ3) is 4.01. The minimum absolute atomic E-state index is 0.131. The quantitative estimate of drug-likeness (QED) is 0.518. The van der Waals surface area contributed by atoms with Gasteiger partial charge < -0.3 is 5.11 Å². The number of aliphatic hydroxyl groups is 1. The number of thioether (sulfide) groups is 1. The van der Waals surface area contributed by atoms with Crippen molar-refractivity contribution in [2.24, 2.45) is 5.92 Å². The summed E-state index contributed by atoms with van der Waals surface area (Å²) in [4.78, 5) is 0. The van der Waals surface area contributed by atoms with Gasteiger partial charge in [0, 0.05) is 12.0 Å². The first-order chi connectivity index (χ1) is 6.76. The second-order valence-corrected chi connectivity index (χ2v) is 6.27. The van der Waals surface area contributed by atoms with Gasteiger partial charge in [0.1, 0.15) is 0 Å². The molecule has 4 heteroatoms. The molecular weight excluding hydrogens is 216 g/mol. The van der Waals surface area contributed by atoms with Crippen LogP contribution in [0.15, 0.2) is 0 Å². The summed E-state index contributed by atoms with van der Waals surface area (Å²) in [5, 5.41) is 9.05. The lowest BCUT2D eigenvalue weighted by molar-refractivity contribution is 0.229. The normalized spacial score (nSPS) is 27.6. The van der Waals surface area contributed by atoms with Crippen molar-refractivity contribution in [3.05, 3.63) is 0 Å². The van der Waals surface area contributed by atoms with Gasteiger partial charge in [0.25, 0.3) is 0 Å². The highest BCUT2D eigenvalue weighted by atomic mass is 32.2. The average Bonchev–Trinajstić information content (AvgIpc) is 2.99. The Morgan fingerprint density at radius 1 is 1.50 bits per heavy atom. The van der Waals surface area contributed by atoms with Crippen LogP contribution in [0.5, 0.6) is 0 Å². The van der Waals surface area contributed by atoms with Crippen molar-refractivity contribution in [2.45, 2.75) is 43.8 Å². The molecule has 0 amide bonds. The van der Waals surface area contributed by atoms with Crippen molar-refractivity contribution < 1.29 is 9.29 Å². The molecule has 1 saturated heterocycles. The fourth-order valence-corrected chi connectivity index (χ4v) is 3.21. The standard InChI is InChI=1S/C10H20O2S2/c1-3-5-6-9(4-2)7-13-10(8-11)12-14-10/h9,11H,3-8H2,1-2H3. The Balaban J connectivity index is 2.13. The second kappa shape index (κ2) is 6.26. The number of hydrogen-bond donors (Lipinski definition) is 1. The van der Waals surface area contributed by atoms with E-state index in [1.807, 2.05) is 0 Å². The van der Waals surface area contributed by atoms with Crippen LogP contribution < -0.4 is 0 Å². The summed E-state index contributed by atoms with van der Waals surface area (Å²) >= 11 is 3.17. The van der Waals surface area contributed by atoms with Gasteiger partial charge in [0.15, 0.2) is 0 Å². The van der Waals surface area contributed by atoms with Crippen molar-refractivity contribution in [3.63, 3.8) is 0 Å². The largest absolute Gasteiger partial charge is 0.391 e. The van der Waals surface area contributed by atoms with Crippen molar-refractivity contribution in [2.75, 3.05) is 12.4 Å². The molecule has 0 aliphatic carbocycles. The maximum absolute atomic E-state index is 9.05. The van der Waals surface area contributed by atoms with E-state index in [9.17, 15) is 0 Å². The number of unbranched alkanes of at least 4 members (excludes halogenated alkanes) is 1. The first-order valence-corrected chi connectivity index (χ1v) is 7.10. The van der Waals surface area contributed by atoms with Crippen LogP contribution in [0.2, 0.25) is 0 Å². The lowest BCUT2D eigenvalue weighted by Crippen LogP contribution is -2.13. The van der Waals surface area contributed by atoms with Gasteiger partial charge in [-0.05, 0) is 18.1 Å². The van der Waals surface area contributed by atoms with E-state index in [4.69, 9.17) is 9.29 Å².